The van der Waals surface area contributed by atoms with Crippen LogP contribution in [0.15, 0.2) is 18.3 Å². The molecule has 1 aromatic carbocycles. The number of rotatable bonds is 2. The number of hydrogen-bond acceptors (Lipinski definition) is 5. The van der Waals surface area contributed by atoms with Crippen molar-refractivity contribution < 1.29 is 17.9 Å². The van der Waals surface area contributed by atoms with E-state index in [-0.39, 0.29) is 11.6 Å². The molecule has 1 saturated heterocycles. The van der Waals surface area contributed by atoms with Crippen LogP contribution < -0.4 is 5.73 Å². The Morgan fingerprint density at radius 1 is 1.15 bits per heavy atom. The van der Waals surface area contributed by atoms with E-state index in [1.165, 1.54) is 0 Å². The minimum absolute atomic E-state index is 0.0407. The molecule has 4 rings (SSSR count). The monoisotopic (exact) mass is 364 g/mol. The SMILES string of the molecule is Cc1ncc2c(n1)CN([C@@H]1CO[C@H](c3cc(F)c(F)cc3F)[C@@H](N)C1)C2. The lowest BCUT2D eigenvalue weighted by Crippen LogP contribution is -2.47. The van der Waals surface area contributed by atoms with Crippen LogP contribution in [-0.2, 0) is 17.8 Å². The lowest BCUT2D eigenvalue weighted by atomic mass is 9.93. The van der Waals surface area contributed by atoms with Crippen LogP contribution in [0.4, 0.5) is 13.2 Å². The van der Waals surface area contributed by atoms with E-state index in [1.807, 2.05) is 13.1 Å². The Hall–Kier alpha value is -2.03. The molecule has 0 bridgehead atoms. The van der Waals surface area contributed by atoms with Crippen molar-refractivity contribution in [3.63, 3.8) is 0 Å². The van der Waals surface area contributed by atoms with Crippen molar-refractivity contribution in [1.29, 1.82) is 0 Å². The first-order valence-electron chi connectivity index (χ1n) is 8.49. The summed E-state index contributed by atoms with van der Waals surface area (Å²) in [5.41, 5.74) is 8.23. The smallest absolute Gasteiger partial charge is 0.161 e. The van der Waals surface area contributed by atoms with Gasteiger partial charge in [-0.05, 0) is 19.4 Å². The second-order valence-corrected chi connectivity index (χ2v) is 6.89. The Bertz CT molecular complexity index is 847. The van der Waals surface area contributed by atoms with Crippen molar-refractivity contribution in [1.82, 2.24) is 14.9 Å². The highest BCUT2D eigenvalue weighted by Crippen LogP contribution is 2.34. The van der Waals surface area contributed by atoms with Gasteiger partial charge in [0.15, 0.2) is 11.6 Å². The van der Waals surface area contributed by atoms with Gasteiger partial charge in [0, 0.05) is 48.6 Å². The molecule has 26 heavy (non-hydrogen) atoms. The maximum absolute atomic E-state index is 14.0. The Labute approximate surface area is 149 Å². The van der Waals surface area contributed by atoms with E-state index in [9.17, 15) is 13.2 Å². The molecule has 2 aliphatic heterocycles. The lowest BCUT2D eigenvalue weighted by Gasteiger charge is -2.38. The molecule has 0 unspecified atom stereocenters. The molecule has 1 fully saturated rings. The summed E-state index contributed by atoms with van der Waals surface area (Å²) in [6.45, 7) is 3.57. The fourth-order valence-electron chi connectivity index (χ4n) is 3.71. The van der Waals surface area contributed by atoms with Gasteiger partial charge in [0.2, 0.25) is 0 Å². The molecule has 0 spiro atoms. The molecular formula is C18H19F3N4O. The first kappa shape index (κ1) is 17.4. The van der Waals surface area contributed by atoms with Gasteiger partial charge in [-0.1, -0.05) is 0 Å². The van der Waals surface area contributed by atoms with Crippen molar-refractivity contribution in [2.75, 3.05) is 6.61 Å². The average Bonchev–Trinajstić information content (AvgIpc) is 3.01. The van der Waals surface area contributed by atoms with Gasteiger partial charge in [0.1, 0.15) is 17.7 Å². The average molecular weight is 364 g/mol. The molecule has 0 radical (unpaired) electrons. The number of fused-ring (bicyclic) bond motifs is 1. The minimum Gasteiger partial charge on any atom is -0.370 e. The molecule has 0 amide bonds. The molecule has 1 aromatic heterocycles. The zero-order valence-corrected chi connectivity index (χ0v) is 14.3. The van der Waals surface area contributed by atoms with Gasteiger partial charge < -0.3 is 10.5 Å². The summed E-state index contributed by atoms with van der Waals surface area (Å²) in [5, 5.41) is 0. The highest BCUT2D eigenvalue weighted by molar-refractivity contribution is 5.25. The summed E-state index contributed by atoms with van der Waals surface area (Å²) < 4.78 is 46.4. The van der Waals surface area contributed by atoms with Crippen LogP contribution in [0.3, 0.4) is 0 Å². The van der Waals surface area contributed by atoms with Gasteiger partial charge in [-0.25, -0.2) is 23.1 Å². The van der Waals surface area contributed by atoms with E-state index in [2.05, 4.69) is 14.9 Å². The summed E-state index contributed by atoms with van der Waals surface area (Å²) in [4.78, 5) is 10.9. The molecule has 138 valence electrons. The fourth-order valence-corrected chi connectivity index (χ4v) is 3.71. The number of nitrogens with two attached hydrogens (primary N) is 1. The van der Waals surface area contributed by atoms with E-state index in [1.54, 1.807) is 0 Å². The van der Waals surface area contributed by atoms with Gasteiger partial charge in [-0.15, -0.1) is 0 Å². The van der Waals surface area contributed by atoms with Crippen LogP contribution in [0.5, 0.6) is 0 Å². The number of benzene rings is 1. The van der Waals surface area contributed by atoms with Crippen LogP contribution in [-0.4, -0.2) is 33.6 Å². The van der Waals surface area contributed by atoms with Crippen molar-refractivity contribution in [2.45, 2.75) is 44.6 Å². The first-order valence-corrected chi connectivity index (χ1v) is 8.49. The Kier molecular flexibility index (Phi) is 4.42. The standard InChI is InChI=1S/C18H19F3N4O/c1-9-23-5-10-6-25(7-17(10)24-9)11-2-16(22)18(26-8-11)12-3-14(20)15(21)4-13(12)19/h3-5,11,16,18H,2,6-8,22H2,1H3/t11-,16-,18+/m0/s1. The van der Waals surface area contributed by atoms with Gasteiger partial charge in [0.25, 0.3) is 0 Å². The van der Waals surface area contributed by atoms with Crippen LogP contribution in [0.1, 0.15) is 35.2 Å². The molecule has 3 heterocycles. The van der Waals surface area contributed by atoms with Gasteiger partial charge >= 0.3 is 0 Å². The number of nitrogens with zero attached hydrogens (tertiary/aromatic N) is 3. The normalized spacial score (nSPS) is 26.1. The second-order valence-electron chi connectivity index (χ2n) is 6.89. The molecule has 3 atom stereocenters. The quantitative estimate of drug-likeness (QED) is 0.829. The number of aromatic nitrogens is 2. The maximum Gasteiger partial charge on any atom is 0.161 e. The van der Waals surface area contributed by atoms with E-state index in [4.69, 9.17) is 10.5 Å². The molecule has 2 aliphatic rings. The predicted octanol–water partition coefficient (Wildman–Crippen LogP) is 2.38. The van der Waals surface area contributed by atoms with Gasteiger partial charge in [-0.2, -0.15) is 0 Å². The second kappa shape index (κ2) is 6.61. The van der Waals surface area contributed by atoms with Crippen molar-refractivity contribution in [3.05, 3.63) is 58.4 Å². The summed E-state index contributed by atoms with van der Waals surface area (Å²) in [5.74, 6) is -2.44. The number of halogens is 3. The van der Waals surface area contributed by atoms with E-state index < -0.39 is 29.6 Å². The van der Waals surface area contributed by atoms with E-state index >= 15 is 0 Å². The van der Waals surface area contributed by atoms with E-state index in [0.717, 1.165) is 23.1 Å². The van der Waals surface area contributed by atoms with Gasteiger partial charge in [-0.3, -0.25) is 4.90 Å². The molecule has 0 aliphatic carbocycles. The lowest BCUT2D eigenvalue weighted by molar-refractivity contribution is -0.0532. The largest absolute Gasteiger partial charge is 0.370 e. The van der Waals surface area contributed by atoms with Crippen molar-refractivity contribution in [3.8, 4) is 0 Å². The number of ether oxygens (including phenoxy) is 1. The molecule has 8 heteroatoms. The minimum atomic E-state index is -1.22. The third kappa shape index (κ3) is 3.08. The zero-order chi connectivity index (χ0) is 18.4. The molecule has 2 N–H and O–H groups in total. The third-order valence-electron chi connectivity index (χ3n) is 5.06. The number of aryl methyl sites for hydroxylation is 1. The third-order valence-corrected chi connectivity index (χ3v) is 5.06. The van der Waals surface area contributed by atoms with Crippen LogP contribution in [0, 0.1) is 24.4 Å². The summed E-state index contributed by atoms with van der Waals surface area (Å²) in [7, 11) is 0. The Morgan fingerprint density at radius 2 is 1.92 bits per heavy atom. The first-order chi connectivity index (χ1) is 12.4. The molecule has 5 nitrogen and oxygen atoms in total. The zero-order valence-electron chi connectivity index (χ0n) is 14.3. The van der Waals surface area contributed by atoms with Gasteiger partial charge in [0.05, 0.1) is 12.3 Å². The van der Waals surface area contributed by atoms with Crippen molar-refractivity contribution >= 4 is 0 Å². The highest BCUT2D eigenvalue weighted by Gasteiger charge is 2.37. The summed E-state index contributed by atoms with van der Waals surface area (Å²) in [6.07, 6.45) is 1.60. The maximum atomic E-state index is 14.0. The van der Waals surface area contributed by atoms with Crippen molar-refractivity contribution in [2.24, 2.45) is 5.73 Å². The Balaban J connectivity index is 1.47. The summed E-state index contributed by atoms with van der Waals surface area (Å²) in [6, 6.07) is 0.888. The number of hydrogen-bond donors (Lipinski definition) is 1. The van der Waals surface area contributed by atoms with Crippen LogP contribution in [0.25, 0.3) is 0 Å². The molecular weight excluding hydrogens is 345 g/mol. The molecule has 2 aromatic rings. The van der Waals surface area contributed by atoms with Crippen LogP contribution >= 0.6 is 0 Å². The highest BCUT2D eigenvalue weighted by atomic mass is 19.2. The van der Waals surface area contributed by atoms with Crippen LogP contribution in [0.2, 0.25) is 0 Å². The fraction of sp³-hybridized carbons (Fsp3) is 0.444. The van der Waals surface area contributed by atoms with E-state index in [0.29, 0.717) is 32.2 Å². The Morgan fingerprint density at radius 3 is 2.69 bits per heavy atom. The molecule has 0 saturated carbocycles. The topological polar surface area (TPSA) is 64.3 Å². The predicted molar refractivity (Wildman–Crippen MR) is 87.4 cm³/mol. The summed E-state index contributed by atoms with van der Waals surface area (Å²) >= 11 is 0.